The Kier molecular flexibility index (Phi) is 5.91. The zero-order chi connectivity index (χ0) is 9.40. The number of ether oxygens (including phenoxy) is 2. The number of rotatable bonds is 5. The largest absolute Gasteiger partial charge is 0.466 e. The predicted molar refractivity (Wildman–Crippen MR) is 42.7 cm³/mol. The van der Waals surface area contributed by atoms with Crippen LogP contribution in [0.15, 0.2) is 12.2 Å². The summed E-state index contributed by atoms with van der Waals surface area (Å²) >= 11 is 0. The molecule has 68 valence electrons. The standard InChI is InChI=1S/C8H12O4/c1-7(9)6-12-5-3-4-8(10)11-2/h3-4H,5-6H2,1-2H3/b4-3+. The van der Waals surface area contributed by atoms with Crippen molar-refractivity contribution in [1.29, 1.82) is 0 Å². The van der Waals surface area contributed by atoms with Gasteiger partial charge in [0.2, 0.25) is 0 Å². The van der Waals surface area contributed by atoms with Gasteiger partial charge in [-0.1, -0.05) is 6.08 Å². The van der Waals surface area contributed by atoms with Crippen LogP contribution in [-0.2, 0) is 19.1 Å². The monoisotopic (exact) mass is 172 g/mol. The molecule has 0 spiro atoms. The van der Waals surface area contributed by atoms with Crippen molar-refractivity contribution >= 4 is 11.8 Å². The fraction of sp³-hybridized carbons (Fsp3) is 0.500. The number of hydrogen-bond donors (Lipinski definition) is 0. The Morgan fingerprint density at radius 1 is 1.42 bits per heavy atom. The topological polar surface area (TPSA) is 52.6 Å². The fourth-order valence-electron chi connectivity index (χ4n) is 0.483. The lowest BCUT2D eigenvalue weighted by Gasteiger charge is -1.94. The second kappa shape index (κ2) is 6.54. The van der Waals surface area contributed by atoms with Crippen molar-refractivity contribution in [1.82, 2.24) is 0 Å². The van der Waals surface area contributed by atoms with Crippen molar-refractivity contribution in [2.24, 2.45) is 0 Å². The Morgan fingerprint density at radius 3 is 2.58 bits per heavy atom. The molecule has 0 unspecified atom stereocenters. The summed E-state index contributed by atoms with van der Waals surface area (Å²) < 4.78 is 9.18. The second-order valence-electron chi connectivity index (χ2n) is 2.14. The summed E-state index contributed by atoms with van der Waals surface area (Å²) in [7, 11) is 1.29. The molecule has 0 aliphatic carbocycles. The van der Waals surface area contributed by atoms with Gasteiger partial charge in [-0.05, 0) is 6.92 Å². The highest BCUT2D eigenvalue weighted by Crippen LogP contribution is 1.81. The average Bonchev–Trinajstić information content (AvgIpc) is 2.03. The molecule has 0 aliphatic heterocycles. The van der Waals surface area contributed by atoms with Gasteiger partial charge in [0.1, 0.15) is 6.61 Å². The molecule has 0 aromatic heterocycles. The molecule has 0 aliphatic rings. The van der Waals surface area contributed by atoms with E-state index in [0.29, 0.717) is 0 Å². The summed E-state index contributed by atoms with van der Waals surface area (Å²) in [5.41, 5.74) is 0. The highest BCUT2D eigenvalue weighted by molar-refractivity contribution is 5.81. The third-order valence-electron chi connectivity index (χ3n) is 0.975. The SMILES string of the molecule is COC(=O)/C=C/COCC(C)=O. The predicted octanol–water partition coefficient (Wildman–Crippen LogP) is 0.321. The van der Waals surface area contributed by atoms with E-state index in [1.807, 2.05) is 0 Å². The van der Waals surface area contributed by atoms with Gasteiger partial charge in [-0.25, -0.2) is 4.79 Å². The third-order valence-corrected chi connectivity index (χ3v) is 0.975. The van der Waals surface area contributed by atoms with Gasteiger partial charge in [-0.15, -0.1) is 0 Å². The van der Waals surface area contributed by atoms with Crippen LogP contribution in [0, 0.1) is 0 Å². The van der Waals surface area contributed by atoms with Crippen molar-refractivity contribution in [3.8, 4) is 0 Å². The Balaban J connectivity index is 3.36. The van der Waals surface area contributed by atoms with Crippen LogP contribution in [0.3, 0.4) is 0 Å². The number of Topliss-reactive ketones (excluding diaryl/α,β-unsaturated/α-hetero) is 1. The molecule has 0 aromatic rings. The van der Waals surface area contributed by atoms with Crippen LogP contribution >= 0.6 is 0 Å². The molecule has 0 saturated heterocycles. The molecule has 0 atom stereocenters. The van der Waals surface area contributed by atoms with Gasteiger partial charge >= 0.3 is 5.97 Å². The van der Waals surface area contributed by atoms with E-state index >= 15 is 0 Å². The molecule has 0 bridgehead atoms. The molecule has 0 rings (SSSR count). The van der Waals surface area contributed by atoms with E-state index in [-0.39, 0.29) is 19.0 Å². The minimum Gasteiger partial charge on any atom is -0.466 e. The van der Waals surface area contributed by atoms with Crippen LogP contribution in [0.1, 0.15) is 6.92 Å². The van der Waals surface area contributed by atoms with Crippen LogP contribution < -0.4 is 0 Å². The van der Waals surface area contributed by atoms with Crippen LogP contribution in [0.5, 0.6) is 0 Å². The van der Waals surface area contributed by atoms with Gasteiger partial charge in [0.05, 0.1) is 13.7 Å². The number of carbonyl (C=O) groups excluding carboxylic acids is 2. The summed E-state index contributed by atoms with van der Waals surface area (Å²) in [6.07, 6.45) is 2.74. The Bertz CT molecular complexity index is 183. The molecule has 0 amide bonds. The molecule has 12 heavy (non-hydrogen) atoms. The first-order chi connectivity index (χ1) is 5.66. The third kappa shape index (κ3) is 6.95. The van der Waals surface area contributed by atoms with Crippen molar-refractivity contribution in [3.63, 3.8) is 0 Å². The first-order valence-electron chi connectivity index (χ1n) is 3.48. The van der Waals surface area contributed by atoms with Crippen molar-refractivity contribution in [2.75, 3.05) is 20.3 Å². The van der Waals surface area contributed by atoms with E-state index in [4.69, 9.17) is 4.74 Å². The molecule has 0 aromatic carbocycles. The summed E-state index contributed by atoms with van der Waals surface area (Å²) in [5, 5.41) is 0. The molecular weight excluding hydrogens is 160 g/mol. The smallest absolute Gasteiger partial charge is 0.330 e. The summed E-state index contributed by atoms with van der Waals surface area (Å²) in [6, 6.07) is 0. The van der Waals surface area contributed by atoms with Crippen molar-refractivity contribution in [2.45, 2.75) is 6.92 Å². The average molecular weight is 172 g/mol. The summed E-state index contributed by atoms with van der Waals surface area (Å²) in [5.74, 6) is -0.470. The first-order valence-corrected chi connectivity index (χ1v) is 3.48. The van der Waals surface area contributed by atoms with E-state index in [0.717, 1.165) is 0 Å². The highest BCUT2D eigenvalue weighted by Gasteiger charge is 1.91. The first kappa shape index (κ1) is 10.8. The van der Waals surface area contributed by atoms with E-state index < -0.39 is 5.97 Å². The van der Waals surface area contributed by atoms with Crippen LogP contribution in [0.25, 0.3) is 0 Å². The molecule has 0 heterocycles. The van der Waals surface area contributed by atoms with E-state index in [9.17, 15) is 9.59 Å². The maximum atomic E-state index is 10.5. The van der Waals surface area contributed by atoms with Gasteiger partial charge in [0, 0.05) is 6.08 Å². The van der Waals surface area contributed by atoms with Gasteiger partial charge in [0.15, 0.2) is 5.78 Å². The fourth-order valence-corrected chi connectivity index (χ4v) is 0.483. The molecule has 0 fully saturated rings. The van der Waals surface area contributed by atoms with Crippen molar-refractivity contribution < 1.29 is 19.1 Å². The van der Waals surface area contributed by atoms with Gasteiger partial charge in [-0.2, -0.15) is 0 Å². The number of hydrogen-bond acceptors (Lipinski definition) is 4. The minimum absolute atomic E-state index is 0.0403. The summed E-state index contributed by atoms with van der Waals surface area (Å²) in [6.45, 7) is 1.75. The minimum atomic E-state index is -0.429. The van der Waals surface area contributed by atoms with Crippen LogP contribution in [0.2, 0.25) is 0 Å². The zero-order valence-electron chi connectivity index (χ0n) is 7.20. The summed E-state index contributed by atoms with van der Waals surface area (Å²) in [4.78, 5) is 20.8. The molecule has 0 radical (unpaired) electrons. The Labute approximate surface area is 71.2 Å². The lowest BCUT2D eigenvalue weighted by Crippen LogP contribution is -2.04. The Hall–Kier alpha value is -1.16. The van der Waals surface area contributed by atoms with E-state index in [2.05, 4.69) is 4.74 Å². The lowest BCUT2D eigenvalue weighted by molar-refractivity contribution is -0.134. The number of carbonyl (C=O) groups is 2. The molecule has 0 N–H and O–H groups in total. The number of esters is 1. The maximum Gasteiger partial charge on any atom is 0.330 e. The number of ketones is 1. The normalized spacial score (nSPS) is 10.2. The Morgan fingerprint density at radius 2 is 2.08 bits per heavy atom. The van der Waals surface area contributed by atoms with E-state index in [1.54, 1.807) is 0 Å². The van der Waals surface area contributed by atoms with Crippen molar-refractivity contribution in [3.05, 3.63) is 12.2 Å². The van der Waals surface area contributed by atoms with Crippen LogP contribution in [0.4, 0.5) is 0 Å². The zero-order valence-corrected chi connectivity index (χ0v) is 7.20. The van der Waals surface area contributed by atoms with Crippen LogP contribution in [-0.4, -0.2) is 32.1 Å². The molecule has 4 nitrogen and oxygen atoms in total. The quantitative estimate of drug-likeness (QED) is 0.340. The maximum absolute atomic E-state index is 10.5. The molecular formula is C8H12O4. The van der Waals surface area contributed by atoms with Gasteiger partial charge < -0.3 is 9.47 Å². The molecule has 0 saturated carbocycles. The number of methoxy groups -OCH3 is 1. The second-order valence-corrected chi connectivity index (χ2v) is 2.14. The van der Waals surface area contributed by atoms with Gasteiger partial charge in [0.25, 0.3) is 0 Å². The van der Waals surface area contributed by atoms with Gasteiger partial charge in [-0.3, -0.25) is 4.79 Å². The van der Waals surface area contributed by atoms with E-state index in [1.165, 1.54) is 26.2 Å². The molecule has 4 heteroatoms. The highest BCUT2D eigenvalue weighted by atomic mass is 16.5. The lowest BCUT2D eigenvalue weighted by atomic mass is 10.5.